The third kappa shape index (κ3) is 4.92. The van der Waals surface area contributed by atoms with E-state index in [1.54, 1.807) is 6.92 Å². The number of aromatic nitrogens is 1. The van der Waals surface area contributed by atoms with Crippen molar-refractivity contribution in [3.8, 4) is 11.3 Å². The summed E-state index contributed by atoms with van der Waals surface area (Å²) in [5, 5.41) is 11.7. The molecule has 0 saturated heterocycles. The van der Waals surface area contributed by atoms with Crippen LogP contribution in [0.4, 0.5) is 18.9 Å². The SMILES string of the molecule is CCOC(=O)Cc1c(C(=O)OCC)[nH]c(-c2ccc(C(F)(F)F)cc2)c1[N+](=O)[O-]. The van der Waals surface area contributed by atoms with Crippen molar-refractivity contribution in [3.05, 3.63) is 51.2 Å². The number of nitrogens with one attached hydrogen (secondary N) is 1. The molecular formula is C18H17F3N2O6. The molecule has 11 heteroatoms. The molecule has 0 radical (unpaired) electrons. The van der Waals surface area contributed by atoms with Crippen molar-refractivity contribution in [1.29, 1.82) is 0 Å². The maximum atomic E-state index is 12.8. The summed E-state index contributed by atoms with van der Waals surface area (Å²) in [6.07, 6.45) is -5.17. The first-order valence-corrected chi connectivity index (χ1v) is 8.49. The summed E-state index contributed by atoms with van der Waals surface area (Å²) in [6.45, 7) is 3.07. The molecule has 0 aliphatic heterocycles. The molecule has 0 spiro atoms. The van der Waals surface area contributed by atoms with Crippen LogP contribution < -0.4 is 0 Å². The first-order valence-electron chi connectivity index (χ1n) is 8.49. The lowest BCUT2D eigenvalue weighted by Crippen LogP contribution is -2.13. The van der Waals surface area contributed by atoms with Gasteiger partial charge < -0.3 is 14.5 Å². The van der Waals surface area contributed by atoms with Gasteiger partial charge in [-0.15, -0.1) is 0 Å². The van der Waals surface area contributed by atoms with Crippen LogP contribution in [0.3, 0.4) is 0 Å². The second-order valence-electron chi connectivity index (χ2n) is 5.74. The molecule has 1 heterocycles. The zero-order valence-electron chi connectivity index (χ0n) is 15.5. The Labute approximate surface area is 162 Å². The maximum Gasteiger partial charge on any atom is 0.416 e. The van der Waals surface area contributed by atoms with Crippen LogP contribution in [0.25, 0.3) is 11.3 Å². The molecule has 29 heavy (non-hydrogen) atoms. The summed E-state index contributed by atoms with van der Waals surface area (Å²) in [4.78, 5) is 37.5. The second-order valence-corrected chi connectivity index (χ2v) is 5.74. The molecule has 0 saturated carbocycles. The van der Waals surface area contributed by atoms with Crippen molar-refractivity contribution in [3.63, 3.8) is 0 Å². The molecule has 1 aromatic carbocycles. The number of aromatic amines is 1. The van der Waals surface area contributed by atoms with Gasteiger partial charge in [0.25, 0.3) is 5.69 Å². The number of H-pyrrole nitrogens is 1. The van der Waals surface area contributed by atoms with Crippen LogP contribution in [0.15, 0.2) is 24.3 Å². The van der Waals surface area contributed by atoms with Gasteiger partial charge in [-0.1, -0.05) is 12.1 Å². The molecule has 0 aliphatic carbocycles. The Kier molecular flexibility index (Phi) is 6.62. The van der Waals surface area contributed by atoms with Crippen LogP contribution in [-0.2, 0) is 26.9 Å². The van der Waals surface area contributed by atoms with Crippen molar-refractivity contribution in [2.45, 2.75) is 26.4 Å². The van der Waals surface area contributed by atoms with E-state index in [9.17, 15) is 32.9 Å². The molecule has 1 N–H and O–H groups in total. The minimum Gasteiger partial charge on any atom is -0.466 e. The first kappa shape index (κ1) is 21.9. The van der Waals surface area contributed by atoms with Gasteiger partial charge in [-0.3, -0.25) is 14.9 Å². The van der Waals surface area contributed by atoms with Gasteiger partial charge in [-0.25, -0.2) is 4.79 Å². The standard InChI is InChI=1S/C18H17F3N2O6/c1-3-28-13(24)9-12-15(17(25)29-4-2)22-14(16(12)23(26)27)10-5-7-11(8-6-10)18(19,20)21/h5-8,22H,3-4,9H2,1-2H3. The summed E-state index contributed by atoms with van der Waals surface area (Å²) in [5.41, 5.74) is -2.33. The van der Waals surface area contributed by atoms with Gasteiger partial charge in [0.05, 0.1) is 35.7 Å². The molecule has 0 aliphatic rings. The molecule has 2 rings (SSSR count). The highest BCUT2D eigenvalue weighted by molar-refractivity contribution is 5.95. The summed E-state index contributed by atoms with van der Waals surface area (Å²) < 4.78 is 48.0. The third-order valence-electron chi connectivity index (χ3n) is 3.86. The van der Waals surface area contributed by atoms with E-state index in [-0.39, 0.29) is 35.7 Å². The Bertz CT molecular complexity index is 919. The quantitative estimate of drug-likeness (QED) is 0.418. The molecule has 0 unspecified atom stereocenters. The molecule has 156 valence electrons. The van der Waals surface area contributed by atoms with Crippen LogP contribution in [0.2, 0.25) is 0 Å². The fourth-order valence-corrected chi connectivity index (χ4v) is 2.67. The number of carbonyl (C=O) groups is 2. The second kappa shape index (κ2) is 8.76. The third-order valence-corrected chi connectivity index (χ3v) is 3.86. The molecule has 8 nitrogen and oxygen atoms in total. The number of esters is 2. The van der Waals surface area contributed by atoms with Gasteiger partial charge in [0.1, 0.15) is 11.4 Å². The van der Waals surface area contributed by atoms with E-state index in [1.807, 2.05) is 0 Å². The van der Waals surface area contributed by atoms with Crippen LogP contribution in [0.5, 0.6) is 0 Å². The lowest BCUT2D eigenvalue weighted by molar-refractivity contribution is -0.384. The number of hydrogen-bond acceptors (Lipinski definition) is 6. The molecule has 0 bridgehead atoms. The van der Waals surface area contributed by atoms with Crippen molar-refractivity contribution < 1.29 is 37.2 Å². The molecule has 1 aromatic heterocycles. The molecular weight excluding hydrogens is 397 g/mol. The number of hydrogen-bond donors (Lipinski definition) is 1. The van der Waals surface area contributed by atoms with Gasteiger partial charge in [-0.05, 0) is 26.0 Å². The molecule has 0 amide bonds. The number of rotatable bonds is 7. The van der Waals surface area contributed by atoms with Crippen molar-refractivity contribution >= 4 is 17.6 Å². The van der Waals surface area contributed by atoms with E-state index in [4.69, 9.17) is 9.47 Å². The number of halogens is 3. The Morgan fingerprint density at radius 2 is 1.69 bits per heavy atom. The topological polar surface area (TPSA) is 112 Å². The van der Waals surface area contributed by atoms with Crippen LogP contribution >= 0.6 is 0 Å². The van der Waals surface area contributed by atoms with E-state index in [0.29, 0.717) is 0 Å². The Morgan fingerprint density at radius 3 is 2.17 bits per heavy atom. The van der Waals surface area contributed by atoms with Crippen molar-refractivity contribution in [2.24, 2.45) is 0 Å². The number of alkyl halides is 3. The minimum absolute atomic E-state index is 0.0254. The van der Waals surface area contributed by atoms with Crippen LogP contribution in [-0.4, -0.2) is 35.1 Å². The van der Waals surface area contributed by atoms with E-state index in [0.717, 1.165) is 24.3 Å². The molecule has 0 atom stereocenters. The Morgan fingerprint density at radius 1 is 1.10 bits per heavy atom. The normalized spacial score (nSPS) is 11.2. The van der Waals surface area contributed by atoms with Gasteiger partial charge in [-0.2, -0.15) is 13.2 Å². The van der Waals surface area contributed by atoms with E-state index >= 15 is 0 Å². The predicted octanol–water partition coefficient (Wildman–Crippen LogP) is 3.89. The highest BCUT2D eigenvalue weighted by atomic mass is 19.4. The van der Waals surface area contributed by atoms with Gasteiger partial charge in [0.2, 0.25) is 0 Å². The van der Waals surface area contributed by atoms with Crippen LogP contribution in [0, 0.1) is 10.1 Å². The number of carbonyl (C=O) groups excluding carboxylic acids is 2. The predicted molar refractivity (Wildman–Crippen MR) is 94.2 cm³/mol. The van der Waals surface area contributed by atoms with Crippen LogP contribution in [0.1, 0.15) is 35.5 Å². The summed E-state index contributed by atoms with van der Waals surface area (Å²) in [7, 11) is 0. The van der Waals surface area contributed by atoms with Gasteiger partial charge in [0.15, 0.2) is 0 Å². The zero-order chi connectivity index (χ0) is 21.8. The van der Waals surface area contributed by atoms with E-state index < -0.39 is 40.7 Å². The largest absolute Gasteiger partial charge is 0.466 e. The zero-order valence-corrected chi connectivity index (χ0v) is 15.5. The Balaban J connectivity index is 2.63. The molecule has 2 aromatic rings. The van der Waals surface area contributed by atoms with Crippen molar-refractivity contribution in [2.75, 3.05) is 13.2 Å². The molecule has 0 fully saturated rings. The fraction of sp³-hybridized carbons (Fsp3) is 0.333. The highest BCUT2D eigenvalue weighted by Crippen LogP contribution is 2.37. The van der Waals surface area contributed by atoms with Crippen molar-refractivity contribution in [1.82, 2.24) is 4.98 Å². The minimum atomic E-state index is -4.58. The number of ether oxygens (including phenoxy) is 2. The lowest BCUT2D eigenvalue weighted by Gasteiger charge is -2.07. The Hall–Kier alpha value is -3.37. The lowest BCUT2D eigenvalue weighted by atomic mass is 10.1. The summed E-state index contributed by atoms with van der Waals surface area (Å²) in [5.74, 6) is -1.74. The first-order chi connectivity index (χ1) is 13.6. The number of benzene rings is 1. The smallest absolute Gasteiger partial charge is 0.416 e. The number of nitrogens with zero attached hydrogens (tertiary/aromatic N) is 1. The monoisotopic (exact) mass is 414 g/mol. The highest BCUT2D eigenvalue weighted by Gasteiger charge is 2.34. The number of nitro groups is 1. The van der Waals surface area contributed by atoms with Gasteiger partial charge in [0, 0.05) is 5.56 Å². The average molecular weight is 414 g/mol. The summed E-state index contributed by atoms with van der Waals surface area (Å²) in [6, 6.07) is 3.58. The fourth-order valence-electron chi connectivity index (χ4n) is 2.67. The maximum absolute atomic E-state index is 12.8. The van der Waals surface area contributed by atoms with Gasteiger partial charge >= 0.3 is 18.1 Å². The summed E-state index contributed by atoms with van der Waals surface area (Å²) >= 11 is 0. The average Bonchev–Trinajstić information content (AvgIpc) is 3.01. The van der Waals surface area contributed by atoms with E-state index in [2.05, 4.69) is 4.98 Å². The van der Waals surface area contributed by atoms with E-state index in [1.165, 1.54) is 6.92 Å².